The summed E-state index contributed by atoms with van der Waals surface area (Å²) in [6.45, 7) is 3.30. The maximum Gasteiger partial charge on any atom is 0.222 e. The number of amidine groups is 1. The first-order valence-electron chi connectivity index (χ1n) is 5.59. The molecule has 1 aliphatic heterocycles. The Morgan fingerprint density at radius 3 is 2.89 bits per heavy atom. The number of allylic oxidation sites excluding steroid dienone is 2. The van der Waals surface area contributed by atoms with Crippen LogP contribution in [0.3, 0.4) is 0 Å². The number of aliphatic hydroxyl groups excluding tert-OH is 1. The zero-order valence-electron chi connectivity index (χ0n) is 9.80. The van der Waals surface area contributed by atoms with E-state index < -0.39 is 11.2 Å². The summed E-state index contributed by atoms with van der Waals surface area (Å²) in [4.78, 5) is 12.5. The van der Waals surface area contributed by atoms with Crippen molar-refractivity contribution in [3.63, 3.8) is 0 Å². The van der Waals surface area contributed by atoms with Gasteiger partial charge in [-0.1, -0.05) is 0 Å². The van der Waals surface area contributed by atoms with Gasteiger partial charge in [-0.05, 0) is 42.3 Å². The molecular weight excluding hydrogens is 274 g/mol. The second kappa shape index (κ2) is 5.52. The third-order valence-electron chi connectivity index (χ3n) is 2.99. The second-order valence-electron chi connectivity index (χ2n) is 4.29. The Labute approximate surface area is 114 Å². The highest BCUT2D eigenvalue weighted by molar-refractivity contribution is 7.96. The SMILES string of the molecule is C=N/C(Cl)=N\C1=C(/C=N/C2(CO)CC2)[S@@+]([O-])CC1. The van der Waals surface area contributed by atoms with E-state index in [9.17, 15) is 4.55 Å². The summed E-state index contributed by atoms with van der Waals surface area (Å²) in [6, 6.07) is 0. The molecule has 0 unspecified atom stereocenters. The van der Waals surface area contributed by atoms with Gasteiger partial charge >= 0.3 is 0 Å². The lowest BCUT2D eigenvalue weighted by Crippen LogP contribution is -2.12. The number of nitrogens with zero attached hydrogens (tertiary/aromatic N) is 3. The molecule has 0 radical (unpaired) electrons. The Kier molecular flexibility index (Phi) is 4.21. The van der Waals surface area contributed by atoms with Gasteiger partial charge in [0.05, 0.1) is 18.4 Å². The van der Waals surface area contributed by atoms with Crippen molar-refractivity contribution in [2.75, 3.05) is 12.4 Å². The molecule has 1 heterocycles. The summed E-state index contributed by atoms with van der Waals surface area (Å²) >= 11 is 4.59. The molecule has 0 spiro atoms. The predicted molar refractivity (Wildman–Crippen MR) is 75.0 cm³/mol. The van der Waals surface area contributed by atoms with Crippen molar-refractivity contribution in [2.45, 2.75) is 24.8 Å². The summed E-state index contributed by atoms with van der Waals surface area (Å²) in [5.41, 5.74) is 0.290. The van der Waals surface area contributed by atoms with Crippen LogP contribution in [-0.2, 0) is 11.2 Å². The molecule has 2 rings (SSSR count). The fourth-order valence-corrected chi connectivity index (χ4v) is 2.89. The fourth-order valence-electron chi connectivity index (χ4n) is 1.61. The van der Waals surface area contributed by atoms with Gasteiger partial charge < -0.3 is 9.66 Å². The Balaban J connectivity index is 2.21. The average Bonchev–Trinajstić information content (AvgIpc) is 3.08. The summed E-state index contributed by atoms with van der Waals surface area (Å²) in [7, 11) is 0. The molecule has 1 fully saturated rings. The molecule has 0 aromatic carbocycles. The topological polar surface area (TPSA) is 80.4 Å². The smallest absolute Gasteiger partial charge is 0.222 e. The van der Waals surface area contributed by atoms with Gasteiger partial charge in [0.25, 0.3) is 0 Å². The molecular formula is C11H14ClN3O2S. The van der Waals surface area contributed by atoms with Gasteiger partial charge in [0, 0.05) is 6.42 Å². The molecule has 7 heteroatoms. The molecule has 2 aliphatic rings. The zero-order valence-corrected chi connectivity index (χ0v) is 11.4. The van der Waals surface area contributed by atoms with Crippen molar-refractivity contribution < 1.29 is 9.66 Å². The molecule has 1 aliphatic carbocycles. The number of hydrogen-bond acceptors (Lipinski definition) is 4. The predicted octanol–water partition coefficient (Wildman–Crippen LogP) is 1.24. The van der Waals surface area contributed by atoms with Crippen LogP contribution < -0.4 is 0 Å². The molecule has 1 saturated carbocycles. The van der Waals surface area contributed by atoms with Crippen molar-refractivity contribution in [1.29, 1.82) is 0 Å². The van der Waals surface area contributed by atoms with Crippen LogP contribution in [0.4, 0.5) is 0 Å². The minimum absolute atomic E-state index is 0.0248. The molecule has 0 amide bonds. The lowest BCUT2D eigenvalue weighted by atomic mass is 10.3. The number of aliphatic hydroxyl groups is 1. The van der Waals surface area contributed by atoms with Crippen molar-refractivity contribution >= 4 is 41.0 Å². The first-order valence-corrected chi connectivity index (χ1v) is 7.28. The lowest BCUT2D eigenvalue weighted by Gasteiger charge is -2.06. The maximum atomic E-state index is 11.8. The monoisotopic (exact) mass is 287 g/mol. The van der Waals surface area contributed by atoms with Crippen LogP contribution in [0.1, 0.15) is 19.3 Å². The van der Waals surface area contributed by atoms with Gasteiger partial charge in [-0.15, -0.1) is 0 Å². The van der Waals surface area contributed by atoms with Crippen LogP contribution in [0.5, 0.6) is 0 Å². The van der Waals surface area contributed by atoms with Crippen molar-refractivity contribution in [3.8, 4) is 0 Å². The Hall–Kier alpha value is -0.690. The van der Waals surface area contributed by atoms with E-state index >= 15 is 0 Å². The number of halogens is 1. The number of rotatable bonds is 4. The molecule has 0 saturated heterocycles. The third-order valence-corrected chi connectivity index (χ3v) is 4.60. The minimum atomic E-state index is -1.10. The Morgan fingerprint density at radius 1 is 1.61 bits per heavy atom. The zero-order chi connectivity index (χ0) is 13.2. The highest BCUT2D eigenvalue weighted by Crippen LogP contribution is 2.39. The summed E-state index contributed by atoms with van der Waals surface area (Å²) in [6.07, 6.45) is 3.89. The van der Waals surface area contributed by atoms with E-state index in [0.717, 1.165) is 12.8 Å². The van der Waals surface area contributed by atoms with E-state index in [2.05, 4.69) is 21.7 Å². The van der Waals surface area contributed by atoms with Crippen molar-refractivity contribution in [2.24, 2.45) is 15.0 Å². The number of aliphatic imine (C=N–C) groups is 3. The average molecular weight is 288 g/mol. The fraction of sp³-hybridized carbons (Fsp3) is 0.545. The van der Waals surface area contributed by atoms with Gasteiger partial charge in [0.1, 0.15) is 11.4 Å². The second-order valence-corrected chi connectivity index (χ2v) is 6.17. The highest BCUT2D eigenvalue weighted by Gasteiger charge is 2.42. The van der Waals surface area contributed by atoms with Gasteiger partial charge in [0.2, 0.25) is 5.29 Å². The summed E-state index contributed by atoms with van der Waals surface area (Å²) < 4.78 is 11.8. The first-order chi connectivity index (χ1) is 8.60. The van der Waals surface area contributed by atoms with Crippen LogP contribution in [0.2, 0.25) is 0 Å². The van der Waals surface area contributed by atoms with E-state index in [-0.39, 0.29) is 17.4 Å². The van der Waals surface area contributed by atoms with Crippen LogP contribution in [-0.4, -0.2) is 45.8 Å². The van der Waals surface area contributed by atoms with E-state index in [1.807, 2.05) is 0 Å². The van der Waals surface area contributed by atoms with E-state index in [1.54, 1.807) is 6.21 Å². The van der Waals surface area contributed by atoms with Crippen LogP contribution in [0.15, 0.2) is 25.6 Å². The Morgan fingerprint density at radius 2 is 2.33 bits per heavy atom. The van der Waals surface area contributed by atoms with Gasteiger partial charge in [-0.3, -0.25) is 4.99 Å². The Bertz CT molecular complexity index is 444. The maximum absolute atomic E-state index is 11.8. The van der Waals surface area contributed by atoms with Crippen molar-refractivity contribution in [1.82, 2.24) is 0 Å². The summed E-state index contributed by atoms with van der Waals surface area (Å²) in [5.74, 6) is 0.521. The lowest BCUT2D eigenvalue weighted by molar-refractivity contribution is 0.258. The molecule has 0 aromatic heterocycles. The minimum Gasteiger partial charge on any atom is -0.611 e. The normalized spacial score (nSPS) is 27.1. The molecule has 98 valence electrons. The molecule has 18 heavy (non-hydrogen) atoms. The van der Waals surface area contributed by atoms with E-state index in [4.69, 9.17) is 16.7 Å². The van der Waals surface area contributed by atoms with Crippen molar-refractivity contribution in [3.05, 3.63) is 10.6 Å². The molecule has 1 N–H and O–H groups in total. The highest BCUT2D eigenvalue weighted by atomic mass is 35.5. The molecule has 0 bridgehead atoms. The third kappa shape index (κ3) is 3.00. The van der Waals surface area contributed by atoms with E-state index in [1.165, 1.54) is 0 Å². The first kappa shape index (κ1) is 13.7. The standard InChI is InChI=1S/C11H14ClN3O2S/c1-13-10(12)15-8-2-5-18(17)9(8)6-14-11(7-16)3-4-11/h6,16H,1-5,7H2/b14-6+,15-10-/t18-/m0/s1. The van der Waals surface area contributed by atoms with Gasteiger partial charge in [0.15, 0.2) is 4.91 Å². The quantitative estimate of drug-likeness (QED) is 0.365. The molecule has 5 nitrogen and oxygen atoms in total. The van der Waals surface area contributed by atoms with Gasteiger partial charge in [-0.25, -0.2) is 9.98 Å². The van der Waals surface area contributed by atoms with E-state index in [0.29, 0.717) is 22.8 Å². The van der Waals surface area contributed by atoms with Crippen LogP contribution >= 0.6 is 11.6 Å². The van der Waals surface area contributed by atoms with Crippen LogP contribution in [0.25, 0.3) is 0 Å². The largest absolute Gasteiger partial charge is 0.611 e. The summed E-state index contributed by atoms with van der Waals surface area (Å²) in [5, 5.41) is 9.21. The van der Waals surface area contributed by atoms with Crippen LogP contribution in [0, 0.1) is 0 Å². The van der Waals surface area contributed by atoms with Gasteiger partial charge in [-0.2, -0.15) is 0 Å². The molecule has 0 aromatic rings. The number of hydrogen-bond donors (Lipinski definition) is 1. The molecule has 1 atom stereocenters.